The summed E-state index contributed by atoms with van der Waals surface area (Å²) in [6.07, 6.45) is 0.736. The number of carbonyl (C=O) groups excluding carboxylic acids is 1. The highest BCUT2D eigenvalue weighted by Gasteiger charge is 2.21. The van der Waals surface area contributed by atoms with Crippen LogP contribution in [0.2, 0.25) is 0 Å². The fourth-order valence-corrected chi connectivity index (χ4v) is 2.14. The number of hydrogen-bond acceptors (Lipinski definition) is 2. The number of carbonyl (C=O) groups is 1. The summed E-state index contributed by atoms with van der Waals surface area (Å²) >= 11 is 8.96. The Kier molecular flexibility index (Phi) is 5.96. The quantitative estimate of drug-likeness (QED) is 0.835. The van der Waals surface area contributed by atoms with Gasteiger partial charge in [-0.3, -0.25) is 4.79 Å². The minimum atomic E-state index is -0.172. The van der Waals surface area contributed by atoms with E-state index in [1.54, 1.807) is 17.0 Å². The van der Waals surface area contributed by atoms with Gasteiger partial charge >= 0.3 is 0 Å². The van der Waals surface area contributed by atoms with Gasteiger partial charge < -0.3 is 10.0 Å². The van der Waals surface area contributed by atoms with E-state index >= 15 is 0 Å². The average molecular weight is 335 g/mol. The van der Waals surface area contributed by atoms with E-state index in [9.17, 15) is 9.90 Å². The standard InChI is InChI=1S/C13H17BrClNO2/c1-9(2)16(7-3-6-15)13(18)11-8-10(14)4-5-12(11)17/h4-5,8-9,17H,3,6-7H2,1-2H3. The zero-order valence-corrected chi connectivity index (χ0v) is 12.8. The van der Waals surface area contributed by atoms with Crippen LogP contribution in [-0.4, -0.2) is 34.4 Å². The molecule has 1 N–H and O–H groups in total. The maximum Gasteiger partial charge on any atom is 0.257 e. The molecule has 5 heteroatoms. The van der Waals surface area contributed by atoms with Crippen molar-refractivity contribution in [2.45, 2.75) is 26.3 Å². The van der Waals surface area contributed by atoms with Crippen molar-refractivity contribution in [3.05, 3.63) is 28.2 Å². The normalized spacial score (nSPS) is 10.7. The number of hydrogen-bond donors (Lipinski definition) is 1. The Morgan fingerprint density at radius 3 is 2.72 bits per heavy atom. The fraction of sp³-hybridized carbons (Fsp3) is 0.462. The molecule has 1 amide bonds. The van der Waals surface area contributed by atoms with Gasteiger partial charge in [-0.2, -0.15) is 0 Å². The Balaban J connectivity index is 2.98. The predicted octanol–water partition coefficient (Wildman–Crippen LogP) is 3.63. The Hall–Kier alpha value is -0.740. The van der Waals surface area contributed by atoms with Crippen LogP contribution >= 0.6 is 27.5 Å². The lowest BCUT2D eigenvalue weighted by atomic mass is 10.1. The van der Waals surface area contributed by atoms with Crippen molar-refractivity contribution in [1.29, 1.82) is 0 Å². The number of benzene rings is 1. The predicted molar refractivity (Wildman–Crippen MR) is 77.3 cm³/mol. The minimum absolute atomic E-state index is 0.000256. The number of phenols is 1. The molecule has 18 heavy (non-hydrogen) atoms. The number of phenolic OH excluding ortho intramolecular Hbond substituents is 1. The van der Waals surface area contributed by atoms with Crippen molar-refractivity contribution in [2.24, 2.45) is 0 Å². The van der Waals surface area contributed by atoms with Crippen molar-refractivity contribution < 1.29 is 9.90 Å². The van der Waals surface area contributed by atoms with Crippen LogP contribution in [0.4, 0.5) is 0 Å². The van der Waals surface area contributed by atoms with Crippen molar-refractivity contribution in [1.82, 2.24) is 4.90 Å². The molecule has 0 aromatic heterocycles. The molecule has 0 saturated carbocycles. The third kappa shape index (κ3) is 3.89. The number of nitrogens with zero attached hydrogens (tertiary/aromatic N) is 1. The molecular formula is C13H17BrClNO2. The first-order chi connectivity index (χ1) is 8.47. The highest BCUT2D eigenvalue weighted by atomic mass is 79.9. The third-order valence-electron chi connectivity index (χ3n) is 2.61. The number of amides is 1. The van der Waals surface area contributed by atoms with Crippen LogP contribution in [0.25, 0.3) is 0 Å². The summed E-state index contributed by atoms with van der Waals surface area (Å²) in [4.78, 5) is 14.1. The molecule has 0 radical (unpaired) electrons. The topological polar surface area (TPSA) is 40.5 Å². The van der Waals surface area contributed by atoms with E-state index in [1.807, 2.05) is 13.8 Å². The van der Waals surface area contributed by atoms with Gasteiger partial charge in [0.25, 0.3) is 5.91 Å². The van der Waals surface area contributed by atoms with Crippen molar-refractivity contribution >= 4 is 33.4 Å². The number of alkyl halides is 1. The zero-order valence-electron chi connectivity index (χ0n) is 10.5. The Morgan fingerprint density at radius 1 is 1.50 bits per heavy atom. The Bertz CT molecular complexity index is 423. The van der Waals surface area contributed by atoms with Gasteiger partial charge in [-0.1, -0.05) is 15.9 Å². The highest BCUT2D eigenvalue weighted by molar-refractivity contribution is 9.10. The van der Waals surface area contributed by atoms with Crippen LogP contribution < -0.4 is 0 Å². The summed E-state index contributed by atoms with van der Waals surface area (Å²) in [5.74, 6) is 0.342. The van der Waals surface area contributed by atoms with Gasteiger partial charge in [0, 0.05) is 22.9 Å². The van der Waals surface area contributed by atoms with E-state index < -0.39 is 0 Å². The molecule has 1 aromatic carbocycles. The Morgan fingerprint density at radius 2 is 2.17 bits per heavy atom. The molecule has 0 aliphatic heterocycles. The van der Waals surface area contributed by atoms with E-state index in [0.29, 0.717) is 18.0 Å². The van der Waals surface area contributed by atoms with Crippen LogP contribution in [0.1, 0.15) is 30.6 Å². The smallest absolute Gasteiger partial charge is 0.257 e. The molecule has 0 spiro atoms. The summed E-state index contributed by atoms with van der Waals surface area (Å²) in [7, 11) is 0. The second kappa shape index (κ2) is 7.00. The van der Waals surface area contributed by atoms with Crippen molar-refractivity contribution in [3.8, 4) is 5.75 Å². The van der Waals surface area contributed by atoms with Crippen LogP contribution in [0.5, 0.6) is 5.75 Å². The second-order valence-electron chi connectivity index (χ2n) is 4.30. The molecule has 0 saturated heterocycles. The number of halogens is 2. The summed E-state index contributed by atoms with van der Waals surface area (Å²) in [6.45, 7) is 4.48. The molecule has 0 aliphatic carbocycles. The molecule has 0 aliphatic rings. The summed E-state index contributed by atoms with van der Waals surface area (Å²) in [5, 5.41) is 9.77. The lowest BCUT2D eigenvalue weighted by Crippen LogP contribution is -2.37. The van der Waals surface area contributed by atoms with E-state index in [1.165, 1.54) is 6.07 Å². The first-order valence-electron chi connectivity index (χ1n) is 5.82. The van der Waals surface area contributed by atoms with E-state index in [-0.39, 0.29) is 17.7 Å². The molecule has 0 unspecified atom stereocenters. The molecule has 0 bridgehead atoms. The fourth-order valence-electron chi connectivity index (χ4n) is 1.66. The van der Waals surface area contributed by atoms with Gasteiger partial charge in [-0.05, 0) is 38.5 Å². The van der Waals surface area contributed by atoms with Crippen LogP contribution in [-0.2, 0) is 0 Å². The van der Waals surface area contributed by atoms with E-state index in [0.717, 1.165) is 10.9 Å². The number of aromatic hydroxyl groups is 1. The largest absolute Gasteiger partial charge is 0.507 e. The molecule has 0 atom stereocenters. The maximum absolute atomic E-state index is 12.4. The lowest BCUT2D eigenvalue weighted by molar-refractivity contribution is 0.0703. The van der Waals surface area contributed by atoms with Crippen LogP contribution in [0, 0.1) is 0 Å². The highest BCUT2D eigenvalue weighted by Crippen LogP contribution is 2.24. The molecule has 0 fully saturated rings. The summed E-state index contributed by atoms with van der Waals surface area (Å²) in [5.41, 5.74) is 0.313. The Labute approximate surface area is 121 Å². The van der Waals surface area contributed by atoms with Crippen molar-refractivity contribution in [2.75, 3.05) is 12.4 Å². The summed E-state index contributed by atoms with van der Waals surface area (Å²) in [6, 6.07) is 4.91. The van der Waals surface area contributed by atoms with Gasteiger partial charge in [0.05, 0.1) is 5.56 Å². The number of rotatable bonds is 5. The van der Waals surface area contributed by atoms with Crippen LogP contribution in [0.3, 0.4) is 0 Å². The molecule has 1 rings (SSSR count). The van der Waals surface area contributed by atoms with Gasteiger partial charge in [0.2, 0.25) is 0 Å². The first-order valence-corrected chi connectivity index (χ1v) is 7.15. The monoisotopic (exact) mass is 333 g/mol. The third-order valence-corrected chi connectivity index (χ3v) is 3.37. The first kappa shape index (κ1) is 15.3. The molecule has 0 heterocycles. The van der Waals surface area contributed by atoms with Crippen molar-refractivity contribution in [3.63, 3.8) is 0 Å². The molecule has 1 aromatic rings. The SMILES string of the molecule is CC(C)N(CCCCl)C(=O)c1cc(Br)ccc1O. The minimum Gasteiger partial charge on any atom is -0.507 e. The lowest BCUT2D eigenvalue weighted by Gasteiger charge is -2.27. The van der Waals surface area contributed by atoms with Gasteiger partial charge in [0.1, 0.15) is 5.75 Å². The maximum atomic E-state index is 12.4. The zero-order chi connectivity index (χ0) is 13.7. The van der Waals surface area contributed by atoms with E-state index in [4.69, 9.17) is 11.6 Å². The van der Waals surface area contributed by atoms with Gasteiger partial charge in [-0.15, -0.1) is 11.6 Å². The van der Waals surface area contributed by atoms with Gasteiger partial charge in [-0.25, -0.2) is 0 Å². The average Bonchev–Trinajstić information content (AvgIpc) is 2.32. The van der Waals surface area contributed by atoms with Crippen LogP contribution in [0.15, 0.2) is 22.7 Å². The van der Waals surface area contributed by atoms with Gasteiger partial charge in [0.15, 0.2) is 0 Å². The molecular weight excluding hydrogens is 318 g/mol. The molecule has 3 nitrogen and oxygen atoms in total. The molecule has 100 valence electrons. The van der Waals surface area contributed by atoms with E-state index in [2.05, 4.69) is 15.9 Å². The summed E-state index contributed by atoms with van der Waals surface area (Å²) < 4.78 is 0.768. The second-order valence-corrected chi connectivity index (χ2v) is 5.59.